The van der Waals surface area contributed by atoms with Gasteiger partial charge in [-0.3, -0.25) is 9.59 Å². The second-order valence-electron chi connectivity index (χ2n) is 4.72. The number of carbonyl (C=O) groups excluding carboxylic acids is 1. The lowest BCUT2D eigenvalue weighted by Crippen LogP contribution is -2.47. The van der Waals surface area contributed by atoms with Crippen molar-refractivity contribution in [2.75, 3.05) is 44.8 Å². The first-order valence-corrected chi connectivity index (χ1v) is 7.28. The summed E-state index contributed by atoms with van der Waals surface area (Å²) in [5.74, 6) is 5.85. The Morgan fingerprint density at radius 1 is 1.30 bits per heavy atom. The molecule has 8 nitrogen and oxygen atoms in total. The molecule has 0 atom stereocenters. The van der Waals surface area contributed by atoms with Crippen LogP contribution in [0.1, 0.15) is 5.69 Å². The van der Waals surface area contributed by atoms with E-state index in [9.17, 15) is 9.59 Å². The number of nitrogens with two attached hydrogens (primary N) is 1. The second kappa shape index (κ2) is 6.23. The Labute approximate surface area is 120 Å². The summed E-state index contributed by atoms with van der Waals surface area (Å²) in [6.07, 6.45) is 0. The quantitative estimate of drug-likeness (QED) is 0.537. The van der Waals surface area contributed by atoms with Gasteiger partial charge in [0.05, 0.1) is 5.75 Å². The van der Waals surface area contributed by atoms with Crippen LogP contribution in [-0.2, 0) is 4.79 Å². The first-order valence-electron chi connectivity index (χ1n) is 6.29. The molecule has 1 aliphatic heterocycles. The number of nitrogens with zero attached hydrogens (tertiary/aromatic N) is 5. The van der Waals surface area contributed by atoms with Gasteiger partial charge in [-0.15, -0.1) is 10.2 Å². The zero-order valence-corrected chi connectivity index (χ0v) is 12.4. The minimum absolute atomic E-state index is 0.0259. The summed E-state index contributed by atoms with van der Waals surface area (Å²) in [5, 5.41) is 7.82. The topological polar surface area (TPSA) is 97.3 Å². The van der Waals surface area contributed by atoms with Crippen molar-refractivity contribution in [2.45, 2.75) is 12.1 Å². The molecule has 2 heterocycles. The Balaban J connectivity index is 1.94. The predicted molar refractivity (Wildman–Crippen MR) is 76.0 cm³/mol. The van der Waals surface area contributed by atoms with Gasteiger partial charge in [0.2, 0.25) is 11.1 Å². The van der Waals surface area contributed by atoms with Crippen LogP contribution in [0.4, 0.5) is 0 Å². The minimum atomic E-state index is -0.394. The number of nitrogen functional groups attached to an aromatic ring is 1. The van der Waals surface area contributed by atoms with Gasteiger partial charge in [-0.05, 0) is 14.0 Å². The Bertz CT molecular complexity index is 552. The monoisotopic (exact) mass is 298 g/mol. The van der Waals surface area contributed by atoms with E-state index in [4.69, 9.17) is 5.84 Å². The summed E-state index contributed by atoms with van der Waals surface area (Å²) < 4.78 is 0.935. The predicted octanol–water partition coefficient (Wildman–Crippen LogP) is -1.47. The lowest BCUT2D eigenvalue weighted by atomic mass is 10.3. The molecule has 0 unspecified atom stereocenters. The van der Waals surface area contributed by atoms with Gasteiger partial charge in [-0.25, -0.2) is 0 Å². The van der Waals surface area contributed by atoms with Crippen molar-refractivity contribution < 1.29 is 4.79 Å². The van der Waals surface area contributed by atoms with Gasteiger partial charge in [-0.2, -0.15) is 4.68 Å². The van der Waals surface area contributed by atoms with Crippen molar-refractivity contribution >= 4 is 17.7 Å². The van der Waals surface area contributed by atoms with Crippen molar-refractivity contribution in [3.8, 4) is 0 Å². The lowest BCUT2D eigenvalue weighted by molar-refractivity contribution is -0.129. The molecule has 0 aliphatic carbocycles. The summed E-state index contributed by atoms with van der Waals surface area (Å²) in [4.78, 5) is 27.6. The van der Waals surface area contributed by atoms with E-state index in [-0.39, 0.29) is 22.5 Å². The van der Waals surface area contributed by atoms with Crippen LogP contribution in [-0.4, -0.2) is 69.6 Å². The molecule has 2 rings (SSSR count). The molecule has 9 heteroatoms. The van der Waals surface area contributed by atoms with E-state index in [1.54, 1.807) is 6.92 Å². The van der Waals surface area contributed by atoms with Crippen molar-refractivity contribution in [1.29, 1.82) is 0 Å². The van der Waals surface area contributed by atoms with Crippen molar-refractivity contribution in [3.05, 3.63) is 16.0 Å². The third-order valence-electron chi connectivity index (χ3n) is 3.20. The number of amides is 1. The molecule has 0 saturated carbocycles. The highest BCUT2D eigenvalue weighted by Gasteiger charge is 2.19. The molecule has 0 aromatic carbocycles. The smallest absolute Gasteiger partial charge is 0.294 e. The summed E-state index contributed by atoms with van der Waals surface area (Å²) in [6.45, 7) is 4.75. The van der Waals surface area contributed by atoms with Crippen molar-refractivity contribution in [2.24, 2.45) is 0 Å². The van der Waals surface area contributed by atoms with E-state index in [2.05, 4.69) is 15.1 Å². The molecule has 2 N–H and O–H groups in total. The molecule has 1 aromatic heterocycles. The van der Waals surface area contributed by atoms with E-state index >= 15 is 0 Å². The van der Waals surface area contributed by atoms with E-state index in [1.807, 2.05) is 11.9 Å². The number of carbonyl (C=O) groups is 1. The first-order chi connectivity index (χ1) is 9.49. The SMILES string of the molecule is Cc1nnc(SCC(=O)N2CCN(C)CC2)n(N)c1=O. The maximum Gasteiger partial charge on any atom is 0.294 e. The van der Waals surface area contributed by atoms with Crippen molar-refractivity contribution in [3.63, 3.8) is 0 Å². The Kier molecular flexibility index (Phi) is 4.61. The number of aromatic nitrogens is 3. The molecule has 1 saturated heterocycles. The van der Waals surface area contributed by atoms with Crippen molar-refractivity contribution in [1.82, 2.24) is 24.7 Å². The Morgan fingerprint density at radius 2 is 1.95 bits per heavy atom. The van der Waals surface area contributed by atoms with E-state index < -0.39 is 5.56 Å². The average molecular weight is 298 g/mol. The average Bonchev–Trinajstić information content (AvgIpc) is 2.44. The third-order valence-corrected chi connectivity index (χ3v) is 4.13. The molecule has 1 aromatic rings. The molecule has 1 fully saturated rings. The van der Waals surface area contributed by atoms with Gasteiger partial charge in [-0.1, -0.05) is 11.8 Å². The van der Waals surface area contributed by atoms with Crippen LogP contribution in [0.5, 0.6) is 0 Å². The van der Waals surface area contributed by atoms with Gasteiger partial charge in [0.15, 0.2) is 0 Å². The fourth-order valence-corrected chi connectivity index (χ4v) is 2.60. The minimum Gasteiger partial charge on any atom is -0.339 e. The van der Waals surface area contributed by atoms with Crippen LogP contribution in [0.25, 0.3) is 0 Å². The fraction of sp³-hybridized carbons (Fsp3) is 0.636. The van der Waals surface area contributed by atoms with Gasteiger partial charge in [0, 0.05) is 26.2 Å². The highest BCUT2D eigenvalue weighted by Crippen LogP contribution is 2.13. The second-order valence-corrected chi connectivity index (χ2v) is 5.66. The normalized spacial score (nSPS) is 16.4. The number of likely N-dealkylation sites (N-methyl/N-ethyl adjacent to an activating group) is 1. The number of rotatable bonds is 3. The third kappa shape index (κ3) is 3.28. The maximum atomic E-state index is 12.1. The zero-order chi connectivity index (χ0) is 14.7. The summed E-state index contributed by atoms with van der Waals surface area (Å²) in [7, 11) is 2.03. The number of aryl methyl sites for hydroxylation is 1. The number of hydrogen-bond acceptors (Lipinski definition) is 7. The summed E-state index contributed by atoms with van der Waals surface area (Å²) >= 11 is 1.13. The van der Waals surface area contributed by atoms with Gasteiger partial charge >= 0.3 is 0 Å². The molecule has 0 spiro atoms. The van der Waals surface area contributed by atoms with Crippen LogP contribution in [0.2, 0.25) is 0 Å². The van der Waals surface area contributed by atoms with E-state index in [0.29, 0.717) is 0 Å². The summed E-state index contributed by atoms with van der Waals surface area (Å²) in [6, 6.07) is 0. The van der Waals surface area contributed by atoms with Gasteiger partial charge < -0.3 is 15.6 Å². The zero-order valence-electron chi connectivity index (χ0n) is 11.6. The van der Waals surface area contributed by atoms with E-state index in [1.165, 1.54) is 0 Å². The molecule has 0 bridgehead atoms. The Hall–Kier alpha value is -1.61. The van der Waals surface area contributed by atoms with Gasteiger partial charge in [0.25, 0.3) is 5.56 Å². The maximum absolute atomic E-state index is 12.1. The van der Waals surface area contributed by atoms with Crippen LogP contribution >= 0.6 is 11.8 Å². The first kappa shape index (κ1) is 14.8. The van der Waals surface area contributed by atoms with E-state index in [0.717, 1.165) is 42.6 Å². The molecule has 0 radical (unpaired) electrons. The standard InChI is InChI=1S/C11H18N6O2S/c1-8-10(19)17(12)11(14-13-8)20-7-9(18)16-5-3-15(2)4-6-16/h3-7,12H2,1-2H3. The molecule has 1 amide bonds. The molecule has 110 valence electrons. The highest BCUT2D eigenvalue weighted by molar-refractivity contribution is 7.99. The van der Waals surface area contributed by atoms with Crippen LogP contribution < -0.4 is 11.4 Å². The number of piperazine rings is 1. The van der Waals surface area contributed by atoms with Crippen LogP contribution in [0, 0.1) is 6.92 Å². The summed E-state index contributed by atoms with van der Waals surface area (Å²) in [5.41, 5.74) is -0.156. The number of hydrogen-bond donors (Lipinski definition) is 1. The molecule has 1 aliphatic rings. The molecular weight excluding hydrogens is 280 g/mol. The highest BCUT2D eigenvalue weighted by atomic mass is 32.2. The molecule has 20 heavy (non-hydrogen) atoms. The Morgan fingerprint density at radius 3 is 2.60 bits per heavy atom. The number of thioether (sulfide) groups is 1. The lowest BCUT2D eigenvalue weighted by Gasteiger charge is -2.32. The van der Waals surface area contributed by atoms with Crippen LogP contribution in [0.15, 0.2) is 9.95 Å². The van der Waals surface area contributed by atoms with Gasteiger partial charge in [0.1, 0.15) is 5.69 Å². The largest absolute Gasteiger partial charge is 0.339 e. The van der Waals surface area contributed by atoms with Crippen LogP contribution in [0.3, 0.4) is 0 Å². The molecular formula is C11H18N6O2S. The fourth-order valence-electron chi connectivity index (χ4n) is 1.84.